The first-order valence-corrected chi connectivity index (χ1v) is 6.82. The molecular weight excluding hydrogens is 232 g/mol. The normalized spacial score (nSPS) is 16.1. The van der Waals surface area contributed by atoms with Crippen molar-refractivity contribution in [2.45, 2.75) is 12.8 Å². The Morgan fingerprint density at radius 3 is 2.53 bits per heavy atom. The number of nitrogens with one attached hydrogen (secondary N) is 1. The summed E-state index contributed by atoms with van der Waals surface area (Å²) in [5, 5.41) is 3.14. The fourth-order valence-electron chi connectivity index (χ4n) is 2.06. The molecule has 1 saturated heterocycles. The summed E-state index contributed by atoms with van der Waals surface area (Å²) in [6.45, 7) is 4.28. The summed E-state index contributed by atoms with van der Waals surface area (Å²) in [5.41, 5.74) is 1.08. The number of hydrogen-bond acceptors (Lipinski definition) is 4. The van der Waals surface area contributed by atoms with Gasteiger partial charge in [-0.1, -0.05) is 0 Å². The molecule has 1 N–H and O–H groups in total. The molecule has 3 nitrogen and oxygen atoms in total. The number of benzene rings is 1. The molecule has 1 heterocycles. The van der Waals surface area contributed by atoms with Crippen LogP contribution in [0.15, 0.2) is 24.3 Å². The second-order valence-electron chi connectivity index (χ2n) is 4.26. The third kappa shape index (κ3) is 4.13. The van der Waals surface area contributed by atoms with Crippen LogP contribution in [0.4, 0.5) is 5.69 Å². The minimum Gasteiger partial charge on any atom is -0.492 e. The zero-order chi connectivity index (χ0) is 11.9. The van der Waals surface area contributed by atoms with Gasteiger partial charge in [0.1, 0.15) is 12.4 Å². The quantitative estimate of drug-likeness (QED) is 0.601. The monoisotopic (exact) mass is 252 g/mol. The number of thiol groups is 1. The topological polar surface area (TPSA) is 24.5 Å². The van der Waals surface area contributed by atoms with Gasteiger partial charge in [-0.2, -0.15) is 12.6 Å². The minimum atomic E-state index is 0.648. The van der Waals surface area contributed by atoms with Gasteiger partial charge in [0.25, 0.3) is 0 Å². The molecule has 0 atom stereocenters. The van der Waals surface area contributed by atoms with Gasteiger partial charge in [0, 0.05) is 12.2 Å². The van der Waals surface area contributed by atoms with Crippen LogP contribution in [0.1, 0.15) is 12.8 Å². The maximum absolute atomic E-state index is 5.71. The van der Waals surface area contributed by atoms with Gasteiger partial charge in [-0.3, -0.25) is 4.90 Å². The van der Waals surface area contributed by atoms with Crippen molar-refractivity contribution in [2.24, 2.45) is 0 Å². The molecule has 94 valence electrons. The molecule has 1 aromatic rings. The van der Waals surface area contributed by atoms with Crippen LogP contribution in [0.25, 0.3) is 0 Å². The molecule has 1 fully saturated rings. The Morgan fingerprint density at radius 1 is 1.18 bits per heavy atom. The van der Waals surface area contributed by atoms with Gasteiger partial charge < -0.3 is 10.1 Å². The molecule has 0 unspecified atom stereocenters. The second kappa shape index (κ2) is 6.77. The largest absolute Gasteiger partial charge is 0.492 e. The molecule has 1 aromatic carbocycles. The predicted molar refractivity (Wildman–Crippen MR) is 75.1 cm³/mol. The molecular formula is C13H20N2OS. The summed E-state index contributed by atoms with van der Waals surface area (Å²) in [4.78, 5) is 2.46. The molecule has 0 amide bonds. The molecule has 2 rings (SSSR count). The zero-order valence-electron chi connectivity index (χ0n) is 10.1. The fourth-order valence-corrected chi connectivity index (χ4v) is 2.24. The predicted octanol–water partition coefficient (Wildman–Crippen LogP) is 2.46. The molecule has 1 aliphatic heterocycles. The van der Waals surface area contributed by atoms with E-state index < -0.39 is 0 Å². The van der Waals surface area contributed by atoms with E-state index >= 15 is 0 Å². The first-order valence-electron chi connectivity index (χ1n) is 6.18. The highest BCUT2D eigenvalue weighted by atomic mass is 32.1. The Morgan fingerprint density at radius 2 is 1.88 bits per heavy atom. The Bertz CT molecular complexity index is 323. The summed E-state index contributed by atoms with van der Waals surface area (Å²) in [6.07, 6.45) is 2.67. The van der Waals surface area contributed by atoms with E-state index in [1.165, 1.54) is 25.9 Å². The van der Waals surface area contributed by atoms with Crippen LogP contribution in [0.5, 0.6) is 5.75 Å². The Kier molecular flexibility index (Phi) is 5.01. The van der Waals surface area contributed by atoms with Crippen molar-refractivity contribution in [3.8, 4) is 5.75 Å². The lowest BCUT2D eigenvalue weighted by atomic mass is 10.3. The van der Waals surface area contributed by atoms with Crippen LogP contribution in [0, 0.1) is 0 Å². The maximum Gasteiger partial charge on any atom is 0.119 e. The fraction of sp³-hybridized carbons (Fsp3) is 0.538. The summed E-state index contributed by atoms with van der Waals surface area (Å²) >= 11 is 4.12. The van der Waals surface area contributed by atoms with E-state index in [2.05, 4.69) is 22.8 Å². The minimum absolute atomic E-state index is 0.648. The third-order valence-electron chi connectivity index (χ3n) is 3.01. The number of ether oxygens (including phenoxy) is 1. The van der Waals surface area contributed by atoms with E-state index in [1.54, 1.807) is 0 Å². The SMILES string of the molecule is SCNc1ccc(OCCN2CCCC2)cc1. The first-order chi connectivity index (χ1) is 8.38. The highest BCUT2D eigenvalue weighted by Gasteiger charge is 2.10. The van der Waals surface area contributed by atoms with Crippen LogP contribution in [-0.4, -0.2) is 37.0 Å². The molecule has 4 heteroatoms. The van der Waals surface area contributed by atoms with E-state index in [4.69, 9.17) is 4.74 Å². The van der Waals surface area contributed by atoms with Crippen molar-refractivity contribution >= 4 is 18.3 Å². The number of likely N-dealkylation sites (tertiary alicyclic amines) is 1. The van der Waals surface area contributed by atoms with Crippen LogP contribution < -0.4 is 10.1 Å². The van der Waals surface area contributed by atoms with E-state index in [1.807, 2.05) is 24.3 Å². The lowest BCUT2D eigenvalue weighted by molar-refractivity contribution is 0.238. The van der Waals surface area contributed by atoms with Crippen LogP contribution in [0.3, 0.4) is 0 Å². The van der Waals surface area contributed by atoms with Crippen LogP contribution in [0.2, 0.25) is 0 Å². The van der Waals surface area contributed by atoms with E-state index in [9.17, 15) is 0 Å². The molecule has 0 saturated carbocycles. The van der Waals surface area contributed by atoms with Gasteiger partial charge in [0.2, 0.25) is 0 Å². The van der Waals surface area contributed by atoms with E-state index in [0.717, 1.165) is 24.6 Å². The van der Waals surface area contributed by atoms with Crippen molar-refractivity contribution in [1.82, 2.24) is 4.90 Å². The van der Waals surface area contributed by atoms with Gasteiger partial charge >= 0.3 is 0 Å². The summed E-state index contributed by atoms with van der Waals surface area (Å²) in [6, 6.07) is 8.02. The van der Waals surface area contributed by atoms with Crippen molar-refractivity contribution in [2.75, 3.05) is 37.4 Å². The highest BCUT2D eigenvalue weighted by molar-refractivity contribution is 7.80. The van der Waals surface area contributed by atoms with Crippen molar-refractivity contribution in [3.63, 3.8) is 0 Å². The first kappa shape index (κ1) is 12.6. The number of rotatable bonds is 6. The van der Waals surface area contributed by atoms with Crippen molar-refractivity contribution in [3.05, 3.63) is 24.3 Å². The molecule has 17 heavy (non-hydrogen) atoms. The molecule has 1 aliphatic rings. The van der Waals surface area contributed by atoms with Gasteiger partial charge in [-0.25, -0.2) is 0 Å². The highest BCUT2D eigenvalue weighted by Crippen LogP contribution is 2.16. The van der Waals surface area contributed by atoms with E-state index in [-0.39, 0.29) is 0 Å². The number of anilines is 1. The van der Waals surface area contributed by atoms with Crippen molar-refractivity contribution < 1.29 is 4.74 Å². The summed E-state index contributed by atoms with van der Waals surface area (Å²) < 4.78 is 5.71. The van der Waals surface area contributed by atoms with Gasteiger partial charge in [0.05, 0.1) is 5.88 Å². The molecule has 0 bridgehead atoms. The van der Waals surface area contributed by atoms with Crippen LogP contribution >= 0.6 is 12.6 Å². The second-order valence-corrected chi connectivity index (χ2v) is 4.57. The number of hydrogen-bond donors (Lipinski definition) is 2. The average Bonchev–Trinajstić information content (AvgIpc) is 2.85. The number of nitrogens with zero attached hydrogens (tertiary/aromatic N) is 1. The van der Waals surface area contributed by atoms with Gasteiger partial charge in [0.15, 0.2) is 0 Å². The lowest BCUT2D eigenvalue weighted by Crippen LogP contribution is -2.25. The maximum atomic E-state index is 5.71. The standard InChI is InChI=1S/C13H20N2OS/c17-11-14-12-3-5-13(6-4-12)16-10-9-15-7-1-2-8-15/h3-6,14,17H,1-2,7-11H2. The Balaban J connectivity index is 1.70. The Labute approximate surface area is 109 Å². The molecule has 0 radical (unpaired) electrons. The summed E-state index contributed by atoms with van der Waals surface area (Å²) in [7, 11) is 0. The molecule has 0 aromatic heterocycles. The average molecular weight is 252 g/mol. The van der Waals surface area contributed by atoms with E-state index in [0.29, 0.717) is 5.88 Å². The van der Waals surface area contributed by atoms with Crippen molar-refractivity contribution in [1.29, 1.82) is 0 Å². The molecule has 0 aliphatic carbocycles. The lowest BCUT2D eigenvalue weighted by Gasteiger charge is -2.15. The smallest absolute Gasteiger partial charge is 0.119 e. The third-order valence-corrected chi connectivity index (χ3v) is 3.17. The molecule has 0 spiro atoms. The van der Waals surface area contributed by atoms with Gasteiger partial charge in [-0.05, 0) is 50.2 Å². The zero-order valence-corrected chi connectivity index (χ0v) is 11.0. The Hall–Kier alpha value is -0.870. The van der Waals surface area contributed by atoms with Crippen LogP contribution in [-0.2, 0) is 0 Å². The van der Waals surface area contributed by atoms with Gasteiger partial charge in [-0.15, -0.1) is 0 Å². The summed E-state index contributed by atoms with van der Waals surface area (Å²) in [5.74, 6) is 1.59.